The normalized spacial score (nSPS) is 22.3. The molecule has 2 heterocycles. The first-order valence-electron chi connectivity index (χ1n) is 6.25. The van der Waals surface area contributed by atoms with E-state index in [9.17, 15) is 8.42 Å². The molecule has 1 aromatic rings. The van der Waals surface area contributed by atoms with Crippen LogP contribution in [0.4, 0.5) is 0 Å². The van der Waals surface area contributed by atoms with Crippen LogP contribution in [0.2, 0.25) is 0 Å². The van der Waals surface area contributed by atoms with E-state index in [4.69, 9.17) is 10.9 Å². The lowest BCUT2D eigenvalue weighted by Gasteiger charge is -2.23. The van der Waals surface area contributed by atoms with E-state index in [1.807, 2.05) is 18.0 Å². The topological polar surface area (TPSA) is 109 Å². The monoisotopic (exact) mass is 298 g/mol. The number of pyridine rings is 1. The Balaban J connectivity index is 2.14. The summed E-state index contributed by atoms with van der Waals surface area (Å²) in [5.41, 5.74) is 6.81. The summed E-state index contributed by atoms with van der Waals surface area (Å²) in [5.74, 6) is 0.373. The molecule has 1 fully saturated rings. The van der Waals surface area contributed by atoms with Gasteiger partial charge in [0.2, 0.25) is 0 Å². The highest BCUT2D eigenvalue weighted by Crippen LogP contribution is 2.19. The second kappa shape index (κ2) is 5.76. The summed E-state index contributed by atoms with van der Waals surface area (Å²) >= 11 is 0. The van der Waals surface area contributed by atoms with Crippen LogP contribution in [0.25, 0.3) is 0 Å². The van der Waals surface area contributed by atoms with E-state index < -0.39 is 9.84 Å². The van der Waals surface area contributed by atoms with Crippen molar-refractivity contribution in [2.75, 3.05) is 18.6 Å². The van der Waals surface area contributed by atoms with Crippen molar-refractivity contribution in [2.45, 2.75) is 19.0 Å². The molecular formula is C12H18N4O3S. The van der Waals surface area contributed by atoms with Crippen LogP contribution < -0.4 is 5.73 Å². The average Bonchev–Trinajstić information content (AvgIpc) is 2.79. The third-order valence-corrected chi connectivity index (χ3v) is 5.24. The average molecular weight is 298 g/mol. The summed E-state index contributed by atoms with van der Waals surface area (Å²) < 4.78 is 23.0. The largest absolute Gasteiger partial charge is 0.409 e. The van der Waals surface area contributed by atoms with Crippen LogP contribution in [0, 0.1) is 0 Å². The Morgan fingerprint density at radius 2 is 2.40 bits per heavy atom. The number of hydrogen-bond acceptors (Lipinski definition) is 6. The molecule has 0 radical (unpaired) electrons. The van der Waals surface area contributed by atoms with Crippen LogP contribution >= 0.6 is 0 Å². The lowest BCUT2D eigenvalue weighted by Crippen LogP contribution is -2.33. The maximum absolute atomic E-state index is 11.5. The number of rotatable bonds is 4. The van der Waals surface area contributed by atoms with E-state index in [0.29, 0.717) is 18.7 Å². The quantitative estimate of drug-likeness (QED) is 0.345. The number of amidine groups is 1. The fourth-order valence-corrected chi connectivity index (χ4v) is 4.17. The number of sulfone groups is 1. The summed E-state index contributed by atoms with van der Waals surface area (Å²) in [6.45, 7) is 0.500. The Morgan fingerprint density at radius 1 is 1.65 bits per heavy atom. The van der Waals surface area contributed by atoms with E-state index in [1.54, 1.807) is 12.3 Å². The second-order valence-electron chi connectivity index (χ2n) is 4.97. The van der Waals surface area contributed by atoms with Crippen molar-refractivity contribution in [3.05, 3.63) is 29.6 Å². The van der Waals surface area contributed by atoms with Gasteiger partial charge in [0, 0.05) is 18.8 Å². The van der Waals surface area contributed by atoms with Gasteiger partial charge < -0.3 is 10.9 Å². The molecule has 2 rings (SSSR count). The van der Waals surface area contributed by atoms with Crippen LogP contribution in [0.5, 0.6) is 0 Å². The van der Waals surface area contributed by atoms with Gasteiger partial charge in [-0.3, -0.25) is 9.88 Å². The summed E-state index contributed by atoms with van der Waals surface area (Å²) in [5, 5.41) is 11.7. The van der Waals surface area contributed by atoms with Gasteiger partial charge in [-0.05, 0) is 25.1 Å². The van der Waals surface area contributed by atoms with Crippen molar-refractivity contribution in [1.82, 2.24) is 9.88 Å². The number of nitrogens with two attached hydrogens (primary N) is 1. The van der Waals surface area contributed by atoms with Gasteiger partial charge in [0.25, 0.3) is 0 Å². The molecule has 0 aliphatic carbocycles. The SMILES string of the molecule is CN(Cc1cccnc1C(N)=NO)C1CCS(=O)(=O)C1. The summed E-state index contributed by atoms with van der Waals surface area (Å²) in [4.78, 5) is 6.06. The van der Waals surface area contributed by atoms with Gasteiger partial charge in [0.15, 0.2) is 15.7 Å². The molecule has 1 atom stereocenters. The third kappa shape index (κ3) is 3.26. The molecule has 1 saturated heterocycles. The Bertz CT molecular complexity index is 615. The number of oxime groups is 1. The van der Waals surface area contributed by atoms with Gasteiger partial charge >= 0.3 is 0 Å². The van der Waals surface area contributed by atoms with Crippen LogP contribution in [0.15, 0.2) is 23.5 Å². The van der Waals surface area contributed by atoms with E-state index in [0.717, 1.165) is 5.56 Å². The highest BCUT2D eigenvalue weighted by atomic mass is 32.2. The van der Waals surface area contributed by atoms with Crippen LogP contribution in [0.3, 0.4) is 0 Å². The van der Waals surface area contributed by atoms with E-state index in [-0.39, 0.29) is 23.4 Å². The van der Waals surface area contributed by atoms with E-state index in [2.05, 4.69) is 10.1 Å². The first-order valence-corrected chi connectivity index (χ1v) is 8.07. The van der Waals surface area contributed by atoms with Gasteiger partial charge in [0.1, 0.15) is 5.69 Å². The maximum Gasteiger partial charge on any atom is 0.189 e. The Kier molecular flexibility index (Phi) is 4.24. The molecule has 110 valence electrons. The zero-order valence-electron chi connectivity index (χ0n) is 11.2. The standard InChI is InChI=1S/C12H18N4O3S/c1-16(10-4-6-20(18,19)8-10)7-9-3-2-5-14-11(9)12(13)15-17/h2-3,5,10,17H,4,6-8H2,1H3,(H2,13,15). The molecule has 1 aliphatic heterocycles. The Labute approximate surface area is 118 Å². The minimum Gasteiger partial charge on any atom is -0.409 e. The highest BCUT2D eigenvalue weighted by Gasteiger charge is 2.30. The maximum atomic E-state index is 11.5. The molecule has 0 amide bonds. The molecule has 20 heavy (non-hydrogen) atoms. The molecule has 7 nitrogen and oxygen atoms in total. The number of aromatic nitrogens is 1. The molecule has 0 spiro atoms. The van der Waals surface area contributed by atoms with Crippen molar-refractivity contribution in [1.29, 1.82) is 0 Å². The van der Waals surface area contributed by atoms with Crippen molar-refractivity contribution < 1.29 is 13.6 Å². The summed E-state index contributed by atoms with van der Waals surface area (Å²) in [6, 6.07) is 3.60. The Morgan fingerprint density at radius 3 is 3.00 bits per heavy atom. The van der Waals surface area contributed by atoms with Crippen LogP contribution in [-0.4, -0.2) is 53.9 Å². The molecule has 1 unspecified atom stereocenters. The zero-order chi connectivity index (χ0) is 14.8. The van der Waals surface area contributed by atoms with Gasteiger partial charge in [-0.25, -0.2) is 8.42 Å². The molecule has 3 N–H and O–H groups in total. The van der Waals surface area contributed by atoms with E-state index >= 15 is 0 Å². The first kappa shape index (κ1) is 14.7. The van der Waals surface area contributed by atoms with E-state index in [1.165, 1.54) is 0 Å². The van der Waals surface area contributed by atoms with Crippen LogP contribution in [0.1, 0.15) is 17.7 Å². The second-order valence-corrected chi connectivity index (χ2v) is 7.20. The molecule has 1 aliphatic rings. The number of hydrogen-bond donors (Lipinski definition) is 2. The molecule has 0 saturated carbocycles. The minimum absolute atomic E-state index is 0.000320. The zero-order valence-corrected chi connectivity index (χ0v) is 12.0. The lowest BCUT2D eigenvalue weighted by atomic mass is 10.1. The molecule has 0 bridgehead atoms. The minimum atomic E-state index is -2.91. The first-order chi connectivity index (χ1) is 9.43. The fourth-order valence-electron chi connectivity index (χ4n) is 2.36. The third-order valence-electron chi connectivity index (χ3n) is 3.49. The Hall–Kier alpha value is -1.67. The van der Waals surface area contributed by atoms with Gasteiger partial charge in [-0.2, -0.15) is 0 Å². The summed E-state index contributed by atoms with van der Waals surface area (Å²) in [7, 11) is -1.04. The molecule has 0 aromatic carbocycles. The summed E-state index contributed by atoms with van der Waals surface area (Å²) in [6.07, 6.45) is 2.20. The van der Waals surface area contributed by atoms with Crippen molar-refractivity contribution in [2.24, 2.45) is 10.9 Å². The smallest absolute Gasteiger partial charge is 0.189 e. The fraction of sp³-hybridized carbons (Fsp3) is 0.500. The molecule has 8 heteroatoms. The molecular weight excluding hydrogens is 280 g/mol. The van der Waals surface area contributed by atoms with Crippen molar-refractivity contribution in [3.8, 4) is 0 Å². The van der Waals surface area contributed by atoms with Gasteiger partial charge in [-0.1, -0.05) is 11.2 Å². The lowest BCUT2D eigenvalue weighted by molar-refractivity contribution is 0.253. The van der Waals surface area contributed by atoms with Crippen molar-refractivity contribution >= 4 is 15.7 Å². The van der Waals surface area contributed by atoms with Crippen LogP contribution in [-0.2, 0) is 16.4 Å². The van der Waals surface area contributed by atoms with Crippen molar-refractivity contribution in [3.63, 3.8) is 0 Å². The number of nitrogens with zero attached hydrogens (tertiary/aromatic N) is 3. The van der Waals surface area contributed by atoms with Gasteiger partial charge in [-0.15, -0.1) is 0 Å². The van der Waals surface area contributed by atoms with Gasteiger partial charge in [0.05, 0.1) is 11.5 Å². The molecule has 1 aromatic heterocycles. The highest BCUT2D eigenvalue weighted by molar-refractivity contribution is 7.91. The predicted molar refractivity (Wildman–Crippen MR) is 75.3 cm³/mol. The predicted octanol–water partition coefficient (Wildman–Crippen LogP) is -0.205.